The molecule has 31 heavy (non-hydrogen) atoms. The number of thioether (sulfide) groups is 1. The number of nitrogens with one attached hydrogen (secondary N) is 2. The van der Waals surface area contributed by atoms with Crippen LogP contribution in [0.5, 0.6) is 0 Å². The smallest absolute Gasteiger partial charge is 0.291 e. The summed E-state index contributed by atoms with van der Waals surface area (Å²) in [5, 5.41) is 9.60. The Kier molecular flexibility index (Phi) is 8.99. The van der Waals surface area contributed by atoms with Gasteiger partial charge in [0, 0.05) is 41.7 Å². The summed E-state index contributed by atoms with van der Waals surface area (Å²) in [6, 6.07) is 11.7. The van der Waals surface area contributed by atoms with Crippen LogP contribution in [0.15, 0.2) is 52.9 Å². The summed E-state index contributed by atoms with van der Waals surface area (Å²) in [6.45, 7) is 7.05. The molecule has 6 nitrogen and oxygen atoms in total. The van der Waals surface area contributed by atoms with E-state index in [4.69, 9.17) is 4.74 Å². The lowest BCUT2D eigenvalue weighted by Gasteiger charge is -2.28. The molecule has 0 spiro atoms. The number of hydrogen-bond acceptors (Lipinski definition) is 6. The Morgan fingerprint density at radius 2 is 2.03 bits per heavy atom. The van der Waals surface area contributed by atoms with E-state index < -0.39 is 0 Å². The summed E-state index contributed by atoms with van der Waals surface area (Å²) in [5.74, 6) is 0.565. The van der Waals surface area contributed by atoms with Crippen molar-refractivity contribution in [2.24, 2.45) is 0 Å². The van der Waals surface area contributed by atoms with Gasteiger partial charge in [0.25, 0.3) is 11.8 Å². The average Bonchev–Trinajstić information content (AvgIpc) is 3.32. The molecule has 0 bridgehead atoms. The molecule has 2 heterocycles. The molecule has 1 atom stereocenters. The maximum absolute atomic E-state index is 12.8. The standard InChI is InChI=1S/C23H29N3O3S2/c1-3-17(2)26(15-18-7-6-13-31-18)11-10-24-22(27)19-8-4-5-9-20(19)25-23(28)21-16-30-14-12-29-21/h4-9,13,16-17H,3,10-12,14-15H2,1-2H3,(H,24,27)(H,25,28)/t17-/m1/s1. The maximum Gasteiger partial charge on any atom is 0.291 e. The van der Waals surface area contributed by atoms with Crippen molar-refractivity contribution in [3.63, 3.8) is 0 Å². The lowest BCUT2D eigenvalue weighted by molar-refractivity contribution is -0.116. The van der Waals surface area contributed by atoms with Gasteiger partial charge in [-0.3, -0.25) is 14.5 Å². The number of carbonyl (C=O) groups is 2. The molecule has 0 fully saturated rings. The van der Waals surface area contributed by atoms with E-state index in [2.05, 4.69) is 46.9 Å². The zero-order valence-corrected chi connectivity index (χ0v) is 19.6. The summed E-state index contributed by atoms with van der Waals surface area (Å²) in [4.78, 5) is 29.0. The molecule has 8 heteroatoms. The Morgan fingerprint density at radius 1 is 1.19 bits per heavy atom. The lowest BCUT2D eigenvalue weighted by Crippen LogP contribution is -2.39. The zero-order chi connectivity index (χ0) is 22.1. The number of para-hydroxylation sites is 1. The van der Waals surface area contributed by atoms with Crippen LogP contribution in [0, 0.1) is 0 Å². The molecule has 1 aliphatic rings. The van der Waals surface area contributed by atoms with Crippen LogP contribution >= 0.6 is 23.1 Å². The molecule has 0 radical (unpaired) electrons. The van der Waals surface area contributed by atoms with E-state index in [9.17, 15) is 9.59 Å². The third-order valence-electron chi connectivity index (χ3n) is 5.13. The van der Waals surface area contributed by atoms with Crippen molar-refractivity contribution in [2.75, 3.05) is 30.8 Å². The predicted molar refractivity (Wildman–Crippen MR) is 128 cm³/mol. The fourth-order valence-electron chi connectivity index (χ4n) is 3.19. The number of carbonyl (C=O) groups excluding carboxylic acids is 2. The van der Waals surface area contributed by atoms with Gasteiger partial charge in [-0.2, -0.15) is 0 Å². The number of ether oxygens (including phenoxy) is 1. The van der Waals surface area contributed by atoms with Crippen LogP contribution < -0.4 is 10.6 Å². The normalized spacial score (nSPS) is 14.5. The second-order valence-electron chi connectivity index (χ2n) is 7.26. The van der Waals surface area contributed by atoms with E-state index in [1.807, 2.05) is 0 Å². The van der Waals surface area contributed by atoms with E-state index in [1.54, 1.807) is 52.8 Å². The van der Waals surface area contributed by atoms with Crippen molar-refractivity contribution in [3.8, 4) is 0 Å². The first-order valence-electron chi connectivity index (χ1n) is 10.5. The van der Waals surface area contributed by atoms with E-state index in [0.29, 0.717) is 30.4 Å². The lowest BCUT2D eigenvalue weighted by atomic mass is 10.1. The second-order valence-corrected chi connectivity index (χ2v) is 9.27. The van der Waals surface area contributed by atoms with Crippen LogP contribution in [0.3, 0.4) is 0 Å². The number of thiophene rings is 1. The molecule has 1 aromatic carbocycles. The monoisotopic (exact) mass is 459 g/mol. The summed E-state index contributed by atoms with van der Waals surface area (Å²) in [7, 11) is 0. The highest BCUT2D eigenvalue weighted by molar-refractivity contribution is 8.02. The van der Waals surface area contributed by atoms with Gasteiger partial charge < -0.3 is 15.4 Å². The molecule has 166 valence electrons. The summed E-state index contributed by atoms with van der Waals surface area (Å²) in [5.41, 5.74) is 0.913. The van der Waals surface area contributed by atoms with E-state index in [0.717, 1.165) is 25.3 Å². The Labute approximate surface area is 192 Å². The molecule has 2 N–H and O–H groups in total. The van der Waals surface area contributed by atoms with Crippen LogP contribution in [-0.2, 0) is 16.1 Å². The van der Waals surface area contributed by atoms with E-state index in [1.165, 1.54) is 4.88 Å². The van der Waals surface area contributed by atoms with Gasteiger partial charge in [0.15, 0.2) is 5.76 Å². The third kappa shape index (κ3) is 6.85. The second kappa shape index (κ2) is 11.9. The van der Waals surface area contributed by atoms with Gasteiger partial charge in [0.05, 0.1) is 17.9 Å². The Balaban J connectivity index is 1.58. The molecule has 0 unspecified atom stereocenters. The summed E-state index contributed by atoms with van der Waals surface area (Å²) < 4.78 is 5.40. The van der Waals surface area contributed by atoms with Crippen molar-refractivity contribution >= 4 is 40.6 Å². The van der Waals surface area contributed by atoms with Gasteiger partial charge in [-0.05, 0) is 36.9 Å². The largest absolute Gasteiger partial charge is 0.487 e. The molecule has 0 saturated carbocycles. The minimum Gasteiger partial charge on any atom is -0.487 e. The first-order valence-corrected chi connectivity index (χ1v) is 12.4. The summed E-state index contributed by atoms with van der Waals surface area (Å²) >= 11 is 3.29. The molecule has 2 aromatic rings. The van der Waals surface area contributed by atoms with Crippen LogP contribution in [-0.4, -0.2) is 48.2 Å². The molecular formula is C23H29N3O3S2. The minimum absolute atomic E-state index is 0.205. The van der Waals surface area contributed by atoms with Gasteiger partial charge in [-0.15, -0.1) is 23.1 Å². The highest BCUT2D eigenvalue weighted by Gasteiger charge is 2.19. The number of rotatable bonds is 10. The number of hydrogen-bond donors (Lipinski definition) is 2. The number of amides is 2. The predicted octanol–water partition coefficient (Wildman–Crippen LogP) is 4.32. The number of anilines is 1. The quantitative estimate of drug-likeness (QED) is 0.554. The molecular weight excluding hydrogens is 430 g/mol. The minimum atomic E-state index is -0.341. The average molecular weight is 460 g/mol. The Morgan fingerprint density at radius 3 is 2.74 bits per heavy atom. The fraction of sp³-hybridized carbons (Fsp3) is 0.391. The maximum atomic E-state index is 12.8. The van der Waals surface area contributed by atoms with Gasteiger partial charge in [0.1, 0.15) is 0 Å². The van der Waals surface area contributed by atoms with Crippen molar-refractivity contribution < 1.29 is 14.3 Å². The fourth-order valence-corrected chi connectivity index (χ4v) is 4.54. The van der Waals surface area contributed by atoms with Gasteiger partial charge in [-0.1, -0.05) is 25.1 Å². The third-order valence-corrected chi connectivity index (χ3v) is 6.77. The zero-order valence-electron chi connectivity index (χ0n) is 17.9. The van der Waals surface area contributed by atoms with Gasteiger partial charge in [0.2, 0.25) is 0 Å². The topological polar surface area (TPSA) is 70.7 Å². The highest BCUT2D eigenvalue weighted by atomic mass is 32.2. The van der Waals surface area contributed by atoms with Crippen molar-refractivity contribution in [1.82, 2.24) is 10.2 Å². The molecule has 2 amide bonds. The molecule has 0 saturated heterocycles. The van der Waals surface area contributed by atoms with E-state index >= 15 is 0 Å². The molecule has 0 aliphatic carbocycles. The van der Waals surface area contributed by atoms with Crippen molar-refractivity contribution in [2.45, 2.75) is 32.9 Å². The number of nitrogens with zero attached hydrogens (tertiary/aromatic N) is 1. The van der Waals surface area contributed by atoms with Crippen LogP contribution in [0.2, 0.25) is 0 Å². The van der Waals surface area contributed by atoms with Crippen LogP contribution in [0.25, 0.3) is 0 Å². The molecule has 3 rings (SSSR count). The number of benzene rings is 1. The Hall–Kier alpha value is -2.29. The first kappa shape index (κ1) is 23.4. The molecule has 1 aromatic heterocycles. The highest BCUT2D eigenvalue weighted by Crippen LogP contribution is 2.20. The van der Waals surface area contributed by atoms with Gasteiger partial charge in [-0.25, -0.2) is 0 Å². The van der Waals surface area contributed by atoms with Gasteiger partial charge >= 0.3 is 0 Å². The molecule has 1 aliphatic heterocycles. The van der Waals surface area contributed by atoms with Crippen molar-refractivity contribution in [3.05, 3.63) is 63.4 Å². The van der Waals surface area contributed by atoms with Crippen molar-refractivity contribution in [1.29, 1.82) is 0 Å². The van der Waals surface area contributed by atoms with E-state index in [-0.39, 0.29) is 17.6 Å². The van der Waals surface area contributed by atoms with Crippen LogP contribution in [0.4, 0.5) is 5.69 Å². The summed E-state index contributed by atoms with van der Waals surface area (Å²) in [6.07, 6.45) is 1.05. The Bertz CT molecular complexity index is 899. The SMILES string of the molecule is CC[C@@H](C)N(CCNC(=O)c1ccccc1NC(=O)C1=CSCCO1)Cc1cccs1. The van der Waals surface area contributed by atoms with Crippen LogP contribution in [0.1, 0.15) is 35.5 Å². The first-order chi connectivity index (χ1) is 15.1.